The number of rotatable bonds is 5. The SMILES string of the molecule is CNc1nc([C@@H]2CCCN2C(=O)c2csc(Cc3ccccc3)n2)nc2c1CCN(C)C2. The highest BCUT2D eigenvalue weighted by Crippen LogP contribution is 2.34. The van der Waals surface area contributed by atoms with Crippen LogP contribution < -0.4 is 5.32 Å². The van der Waals surface area contributed by atoms with Crippen LogP contribution in [-0.2, 0) is 19.4 Å². The molecule has 0 aliphatic carbocycles. The zero-order valence-electron chi connectivity index (χ0n) is 18.5. The third kappa shape index (κ3) is 4.12. The van der Waals surface area contributed by atoms with Crippen LogP contribution in [0.5, 0.6) is 0 Å². The molecule has 4 heterocycles. The average Bonchev–Trinajstić information content (AvgIpc) is 3.48. The van der Waals surface area contributed by atoms with E-state index in [4.69, 9.17) is 9.97 Å². The number of likely N-dealkylation sites (N-methyl/N-ethyl adjacent to an activating group) is 1. The van der Waals surface area contributed by atoms with Crippen molar-refractivity contribution < 1.29 is 4.79 Å². The molecular formula is C24H28N6OS. The van der Waals surface area contributed by atoms with Crippen molar-refractivity contribution in [1.29, 1.82) is 0 Å². The maximum Gasteiger partial charge on any atom is 0.273 e. The molecule has 1 fully saturated rings. The number of carbonyl (C=O) groups is 1. The Morgan fingerprint density at radius 1 is 1.19 bits per heavy atom. The summed E-state index contributed by atoms with van der Waals surface area (Å²) in [5.74, 6) is 1.62. The fourth-order valence-electron chi connectivity index (χ4n) is 4.62. The first-order valence-corrected chi connectivity index (χ1v) is 12.1. The molecule has 1 aromatic carbocycles. The first-order chi connectivity index (χ1) is 15.6. The van der Waals surface area contributed by atoms with Gasteiger partial charge in [0.15, 0.2) is 5.82 Å². The predicted molar refractivity (Wildman–Crippen MR) is 126 cm³/mol. The van der Waals surface area contributed by atoms with Crippen molar-refractivity contribution >= 4 is 23.1 Å². The van der Waals surface area contributed by atoms with Gasteiger partial charge in [0, 0.05) is 44.0 Å². The second-order valence-corrected chi connectivity index (χ2v) is 9.48. The summed E-state index contributed by atoms with van der Waals surface area (Å²) in [4.78, 5) is 32.0. The lowest BCUT2D eigenvalue weighted by molar-refractivity contribution is 0.0724. The molecule has 2 aliphatic rings. The van der Waals surface area contributed by atoms with Crippen LogP contribution in [0.1, 0.15) is 57.0 Å². The van der Waals surface area contributed by atoms with E-state index in [1.54, 1.807) is 11.3 Å². The Hall–Kier alpha value is -2.84. The van der Waals surface area contributed by atoms with E-state index in [9.17, 15) is 4.79 Å². The van der Waals surface area contributed by atoms with Gasteiger partial charge in [0.1, 0.15) is 11.5 Å². The summed E-state index contributed by atoms with van der Waals surface area (Å²) in [6.07, 6.45) is 3.52. The zero-order chi connectivity index (χ0) is 22.1. The quantitative estimate of drug-likeness (QED) is 0.644. The summed E-state index contributed by atoms with van der Waals surface area (Å²) >= 11 is 1.55. The van der Waals surface area contributed by atoms with Crippen LogP contribution in [0.3, 0.4) is 0 Å². The number of fused-ring (bicyclic) bond motifs is 1. The first-order valence-electron chi connectivity index (χ1n) is 11.2. The number of nitrogens with one attached hydrogen (secondary N) is 1. The van der Waals surface area contributed by atoms with Crippen LogP contribution in [0.4, 0.5) is 5.82 Å². The number of benzene rings is 1. The van der Waals surface area contributed by atoms with Gasteiger partial charge in [-0.1, -0.05) is 30.3 Å². The third-order valence-corrected chi connectivity index (χ3v) is 7.14. The van der Waals surface area contributed by atoms with Crippen molar-refractivity contribution in [2.45, 2.75) is 38.3 Å². The second-order valence-electron chi connectivity index (χ2n) is 8.54. The Morgan fingerprint density at radius 3 is 2.84 bits per heavy atom. The summed E-state index contributed by atoms with van der Waals surface area (Å²) < 4.78 is 0. The third-order valence-electron chi connectivity index (χ3n) is 6.29. The van der Waals surface area contributed by atoms with Crippen molar-refractivity contribution in [3.63, 3.8) is 0 Å². The molecule has 166 valence electrons. The number of anilines is 1. The van der Waals surface area contributed by atoms with Gasteiger partial charge in [0.05, 0.1) is 16.7 Å². The van der Waals surface area contributed by atoms with E-state index < -0.39 is 0 Å². The Morgan fingerprint density at radius 2 is 2.03 bits per heavy atom. The summed E-state index contributed by atoms with van der Waals surface area (Å²) in [6.45, 7) is 2.53. The normalized spacial score (nSPS) is 18.6. The van der Waals surface area contributed by atoms with E-state index in [1.165, 1.54) is 11.1 Å². The second kappa shape index (κ2) is 8.96. The first kappa shape index (κ1) is 21.0. The molecule has 0 radical (unpaired) electrons. The Bertz CT molecular complexity index is 1110. The van der Waals surface area contributed by atoms with E-state index in [1.807, 2.05) is 35.5 Å². The predicted octanol–water partition coefficient (Wildman–Crippen LogP) is 3.53. The van der Waals surface area contributed by atoms with Crippen molar-refractivity contribution in [2.24, 2.45) is 0 Å². The van der Waals surface area contributed by atoms with Gasteiger partial charge in [-0.2, -0.15) is 0 Å². The number of hydrogen-bond acceptors (Lipinski definition) is 7. The lowest BCUT2D eigenvalue weighted by Gasteiger charge is -2.28. The highest BCUT2D eigenvalue weighted by molar-refractivity contribution is 7.09. The van der Waals surface area contributed by atoms with E-state index >= 15 is 0 Å². The van der Waals surface area contributed by atoms with Gasteiger partial charge in [0.2, 0.25) is 0 Å². The average molecular weight is 449 g/mol. The number of carbonyl (C=O) groups excluding carboxylic acids is 1. The molecule has 1 amide bonds. The topological polar surface area (TPSA) is 74.2 Å². The number of hydrogen-bond donors (Lipinski definition) is 1. The minimum atomic E-state index is -0.105. The molecule has 7 nitrogen and oxygen atoms in total. The number of likely N-dealkylation sites (tertiary alicyclic amines) is 1. The molecule has 5 rings (SSSR count). The number of nitrogens with zero attached hydrogens (tertiary/aromatic N) is 5. The number of aromatic nitrogens is 3. The van der Waals surface area contributed by atoms with Crippen LogP contribution in [0.25, 0.3) is 0 Å². The highest BCUT2D eigenvalue weighted by Gasteiger charge is 2.35. The van der Waals surface area contributed by atoms with Gasteiger partial charge >= 0.3 is 0 Å². The molecule has 3 aromatic rings. The zero-order valence-corrected chi connectivity index (χ0v) is 19.4. The smallest absolute Gasteiger partial charge is 0.273 e. The summed E-state index contributed by atoms with van der Waals surface area (Å²) in [7, 11) is 4.02. The number of thiazole rings is 1. The summed E-state index contributed by atoms with van der Waals surface area (Å²) in [5.41, 5.74) is 4.01. The summed E-state index contributed by atoms with van der Waals surface area (Å²) in [6, 6.07) is 10.1. The number of amides is 1. The van der Waals surface area contributed by atoms with Gasteiger partial charge < -0.3 is 15.1 Å². The molecule has 2 aliphatic heterocycles. The standard InChI is InChI=1S/C24H28N6OS/c1-25-22-17-10-12-29(2)14-18(17)27-23(28-22)20-9-6-11-30(20)24(31)19-15-32-21(26-19)13-16-7-4-3-5-8-16/h3-5,7-8,15,20H,6,9-14H2,1-2H3,(H,25,27,28)/t20-/m0/s1. The molecule has 0 unspecified atom stereocenters. The van der Waals surface area contributed by atoms with Gasteiger partial charge in [-0.05, 0) is 31.9 Å². The fourth-order valence-corrected chi connectivity index (χ4v) is 5.42. The fraction of sp³-hybridized carbons (Fsp3) is 0.417. The van der Waals surface area contributed by atoms with E-state index in [2.05, 4.69) is 34.4 Å². The largest absolute Gasteiger partial charge is 0.373 e. The summed E-state index contributed by atoms with van der Waals surface area (Å²) in [5, 5.41) is 6.10. The van der Waals surface area contributed by atoms with Crippen molar-refractivity contribution in [3.8, 4) is 0 Å². The van der Waals surface area contributed by atoms with Gasteiger partial charge in [-0.25, -0.2) is 15.0 Å². The maximum absolute atomic E-state index is 13.4. The van der Waals surface area contributed by atoms with E-state index in [0.717, 1.165) is 61.1 Å². The van der Waals surface area contributed by atoms with Crippen LogP contribution >= 0.6 is 11.3 Å². The van der Waals surface area contributed by atoms with E-state index in [-0.39, 0.29) is 11.9 Å². The van der Waals surface area contributed by atoms with Crippen molar-refractivity contribution in [2.75, 3.05) is 32.5 Å². The molecule has 2 aromatic heterocycles. The van der Waals surface area contributed by atoms with E-state index in [0.29, 0.717) is 12.2 Å². The van der Waals surface area contributed by atoms with Crippen LogP contribution in [0, 0.1) is 0 Å². The van der Waals surface area contributed by atoms with Crippen molar-refractivity contribution in [1.82, 2.24) is 24.8 Å². The van der Waals surface area contributed by atoms with Gasteiger partial charge in [0.25, 0.3) is 5.91 Å². The highest BCUT2D eigenvalue weighted by atomic mass is 32.1. The lowest BCUT2D eigenvalue weighted by atomic mass is 10.0. The van der Waals surface area contributed by atoms with Gasteiger partial charge in [-0.15, -0.1) is 11.3 Å². The van der Waals surface area contributed by atoms with Crippen LogP contribution in [-0.4, -0.2) is 57.8 Å². The van der Waals surface area contributed by atoms with Crippen LogP contribution in [0.15, 0.2) is 35.7 Å². The Balaban J connectivity index is 1.38. The molecule has 0 bridgehead atoms. The molecule has 1 atom stereocenters. The monoisotopic (exact) mass is 448 g/mol. The van der Waals surface area contributed by atoms with Crippen molar-refractivity contribution in [3.05, 3.63) is 69.1 Å². The van der Waals surface area contributed by atoms with Gasteiger partial charge in [-0.3, -0.25) is 4.79 Å². The Kier molecular flexibility index (Phi) is 5.89. The Labute approximate surface area is 192 Å². The molecule has 0 saturated carbocycles. The molecule has 1 saturated heterocycles. The molecule has 32 heavy (non-hydrogen) atoms. The minimum Gasteiger partial charge on any atom is -0.373 e. The molecule has 0 spiro atoms. The molecular weight excluding hydrogens is 420 g/mol. The maximum atomic E-state index is 13.4. The lowest BCUT2D eigenvalue weighted by Crippen LogP contribution is -2.33. The molecule has 8 heteroatoms. The minimum absolute atomic E-state index is 0.0208. The van der Waals surface area contributed by atoms with Crippen LogP contribution in [0.2, 0.25) is 0 Å². The molecule has 1 N–H and O–H groups in total.